The smallest absolute Gasteiger partial charge is 0.324 e. The van der Waals surface area contributed by atoms with Crippen molar-refractivity contribution < 1.29 is 18.0 Å². The van der Waals surface area contributed by atoms with E-state index in [1.807, 2.05) is 17.0 Å². The third-order valence-electron chi connectivity index (χ3n) is 5.37. The Morgan fingerprint density at radius 2 is 1.81 bits per heavy atom. The number of halogens is 4. The maximum Gasteiger partial charge on any atom is 0.418 e. The van der Waals surface area contributed by atoms with Crippen LogP contribution in [0.3, 0.4) is 0 Å². The standard InChI is InChI=1S/C22H22ClF3N4O/c1-15(21(31)28-20-7-6-18(23)12-19(20)22(24,25)26)30-10-8-29(9-11-30)14-17-4-2-16(13-27)3-5-17/h2-7,12,15H,8-11,14H2,1H3,(H,28,31). The van der Waals surface area contributed by atoms with E-state index in [-0.39, 0.29) is 10.7 Å². The predicted molar refractivity (Wildman–Crippen MR) is 113 cm³/mol. The second kappa shape index (κ2) is 9.69. The number of hydrogen-bond acceptors (Lipinski definition) is 4. The molecule has 1 saturated heterocycles. The summed E-state index contributed by atoms with van der Waals surface area (Å²) in [6, 6.07) is 12.2. The van der Waals surface area contributed by atoms with Crippen LogP contribution in [0, 0.1) is 11.3 Å². The van der Waals surface area contributed by atoms with Crippen molar-refractivity contribution in [3.8, 4) is 6.07 Å². The van der Waals surface area contributed by atoms with E-state index in [9.17, 15) is 18.0 Å². The molecular weight excluding hydrogens is 429 g/mol. The van der Waals surface area contributed by atoms with Crippen LogP contribution in [0.15, 0.2) is 42.5 Å². The molecule has 1 amide bonds. The largest absolute Gasteiger partial charge is 0.418 e. The Hall–Kier alpha value is -2.60. The number of anilines is 1. The summed E-state index contributed by atoms with van der Waals surface area (Å²) in [4.78, 5) is 16.8. The summed E-state index contributed by atoms with van der Waals surface area (Å²) >= 11 is 5.69. The minimum absolute atomic E-state index is 0.0447. The maximum absolute atomic E-state index is 13.3. The lowest BCUT2D eigenvalue weighted by atomic mass is 10.1. The molecular formula is C22H22ClF3N4O. The van der Waals surface area contributed by atoms with Crippen molar-refractivity contribution in [2.24, 2.45) is 0 Å². The van der Waals surface area contributed by atoms with Crippen molar-refractivity contribution in [1.29, 1.82) is 5.26 Å². The highest BCUT2D eigenvalue weighted by molar-refractivity contribution is 6.30. The van der Waals surface area contributed by atoms with E-state index >= 15 is 0 Å². The highest BCUT2D eigenvalue weighted by Crippen LogP contribution is 2.36. The van der Waals surface area contributed by atoms with Crippen LogP contribution in [0.25, 0.3) is 0 Å². The summed E-state index contributed by atoms with van der Waals surface area (Å²) < 4.78 is 39.8. The van der Waals surface area contributed by atoms with Gasteiger partial charge in [-0.15, -0.1) is 0 Å². The van der Waals surface area contributed by atoms with Crippen molar-refractivity contribution in [2.45, 2.75) is 25.7 Å². The number of piperazine rings is 1. The molecule has 2 aromatic rings. The van der Waals surface area contributed by atoms with Gasteiger partial charge in [0.05, 0.1) is 28.9 Å². The van der Waals surface area contributed by atoms with Gasteiger partial charge in [0.15, 0.2) is 0 Å². The molecule has 2 aromatic carbocycles. The van der Waals surface area contributed by atoms with E-state index in [1.165, 1.54) is 12.1 Å². The molecule has 0 saturated carbocycles. The maximum atomic E-state index is 13.3. The molecule has 1 fully saturated rings. The number of carbonyl (C=O) groups is 1. The van der Waals surface area contributed by atoms with Crippen molar-refractivity contribution >= 4 is 23.2 Å². The van der Waals surface area contributed by atoms with Gasteiger partial charge in [-0.2, -0.15) is 18.4 Å². The number of amides is 1. The molecule has 1 heterocycles. The van der Waals surface area contributed by atoms with Crippen LogP contribution in [0.5, 0.6) is 0 Å². The molecule has 0 aromatic heterocycles. The van der Waals surface area contributed by atoms with Crippen LogP contribution in [-0.2, 0) is 17.5 Å². The van der Waals surface area contributed by atoms with Gasteiger partial charge < -0.3 is 5.32 Å². The highest BCUT2D eigenvalue weighted by Gasteiger charge is 2.35. The summed E-state index contributed by atoms with van der Waals surface area (Å²) in [5, 5.41) is 11.2. The first-order chi connectivity index (χ1) is 14.7. The second-order valence-corrected chi connectivity index (χ2v) is 7.91. The second-order valence-electron chi connectivity index (χ2n) is 7.47. The molecule has 0 radical (unpaired) electrons. The Morgan fingerprint density at radius 1 is 1.16 bits per heavy atom. The van der Waals surface area contributed by atoms with Crippen molar-refractivity contribution in [2.75, 3.05) is 31.5 Å². The van der Waals surface area contributed by atoms with E-state index < -0.39 is 23.7 Å². The van der Waals surface area contributed by atoms with Gasteiger partial charge in [0.1, 0.15) is 0 Å². The molecule has 3 rings (SSSR count). The van der Waals surface area contributed by atoms with E-state index in [2.05, 4.69) is 16.3 Å². The number of carbonyl (C=O) groups excluding carboxylic acids is 1. The predicted octanol–water partition coefficient (Wildman–Crippen LogP) is 4.38. The van der Waals surface area contributed by atoms with Crippen LogP contribution in [-0.4, -0.2) is 47.9 Å². The highest BCUT2D eigenvalue weighted by atomic mass is 35.5. The van der Waals surface area contributed by atoms with Gasteiger partial charge >= 0.3 is 6.18 Å². The first kappa shape index (κ1) is 23.1. The van der Waals surface area contributed by atoms with E-state index in [0.717, 1.165) is 31.3 Å². The molecule has 0 bridgehead atoms. The number of nitrogens with one attached hydrogen (secondary N) is 1. The zero-order valence-electron chi connectivity index (χ0n) is 16.9. The molecule has 0 aliphatic carbocycles. The minimum Gasteiger partial charge on any atom is -0.324 e. The van der Waals surface area contributed by atoms with Gasteiger partial charge in [-0.3, -0.25) is 14.6 Å². The number of rotatable bonds is 5. The number of nitrogens with zero attached hydrogens (tertiary/aromatic N) is 3. The topological polar surface area (TPSA) is 59.4 Å². The fourth-order valence-corrected chi connectivity index (χ4v) is 3.69. The number of hydrogen-bond donors (Lipinski definition) is 1. The Labute approximate surface area is 184 Å². The fraction of sp³-hybridized carbons (Fsp3) is 0.364. The molecule has 1 N–H and O–H groups in total. The summed E-state index contributed by atoms with van der Waals surface area (Å²) in [5.41, 5.74) is 0.449. The van der Waals surface area contributed by atoms with Crippen LogP contribution in [0.2, 0.25) is 5.02 Å². The van der Waals surface area contributed by atoms with Gasteiger partial charge in [-0.1, -0.05) is 23.7 Å². The fourth-order valence-electron chi connectivity index (χ4n) is 3.51. The van der Waals surface area contributed by atoms with E-state index in [0.29, 0.717) is 18.7 Å². The molecule has 5 nitrogen and oxygen atoms in total. The summed E-state index contributed by atoms with van der Waals surface area (Å²) in [7, 11) is 0. The van der Waals surface area contributed by atoms with Crippen molar-refractivity contribution in [3.63, 3.8) is 0 Å². The van der Waals surface area contributed by atoms with Crippen LogP contribution in [0.1, 0.15) is 23.6 Å². The lowest BCUT2D eigenvalue weighted by Crippen LogP contribution is -2.52. The first-order valence-corrected chi connectivity index (χ1v) is 10.2. The zero-order chi connectivity index (χ0) is 22.6. The SMILES string of the molecule is CC(C(=O)Nc1ccc(Cl)cc1C(F)(F)F)N1CCN(Cc2ccc(C#N)cc2)CC1. The summed E-state index contributed by atoms with van der Waals surface area (Å²) in [6.07, 6.45) is -4.62. The molecule has 1 aliphatic rings. The summed E-state index contributed by atoms with van der Waals surface area (Å²) in [5.74, 6) is -0.492. The molecule has 0 spiro atoms. The zero-order valence-corrected chi connectivity index (χ0v) is 17.7. The average molecular weight is 451 g/mol. The molecule has 1 atom stereocenters. The summed E-state index contributed by atoms with van der Waals surface area (Å²) in [6.45, 7) is 5.13. The normalized spacial score (nSPS) is 16.5. The van der Waals surface area contributed by atoms with Gasteiger partial charge in [-0.25, -0.2) is 0 Å². The Bertz CT molecular complexity index is 964. The lowest BCUT2D eigenvalue weighted by Gasteiger charge is -2.37. The van der Waals surface area contributed by atoms with Gasteiger partial charge in [0.2, 0.25) is 5.91 Å². The third-order valence-corrected chi connectivity index (χ3v) is 5.60. The lowest BCUT2D eigenvalue weighted by molar-refractivity contribution is -0.137. The third kappa shape index (κ3) is 5.97. The van der Waals surface area contributed by atoms with E-state index in [1.54, 1.807) is 19.1 Å². The quantitative estimate of drug-likeness (QED) is 0.734. The minimum atomic E-state index is -4.62. The molecule has 164 valence electrons. The van der Waals surface area contributed by atoms with Crippen LogP contribution < -0.4 is 5.32 Å². The van der Waals surface area contributed by atoms with Crippen LogP contribution >= 0.6 is 11.6 Å². The molecule has 1 unspecified atom stereocenters. The van der Waals surface area contributed by atoms with Gasteiger partial charge in [0.25, 0.3) is 0 Å². The van der Waals surface area contributed by atoms with Crippen molar-refractivity contribution in [1.82, 2.24) is 9.80 Å². The number of benzene rings is 2. The molecule has 1 aliphatic heterocycles. The van der Waals surface area contributed by atoms with Crippen LogP contribution in [0.4, 0.5) is 18.9 Å². The Morgan fingerprint density at radius 3 is 2.39 bits per heavy atom. The van der Waals surface area contributed by atoms with Gasteiger partial charge in [-0.05, 0) is 42.8 Å². The van der Waals surface area contributed by atoms with E-state index in [4.69, 9.17) is 16.9 Å². The number of nitriles is 1. The molecule has 31 heavy (non-hydrogen) atoms. The Balaban J connectivity index is 1.56. The number of alkyl halides is 3. The van der Waals surface area contributed by atoms with Crippen molar-refractivity contribution in [3.05, 3.63) is 64.2 Å². The molecule has 9 heteroatoms. The average Bonchev–Trinajstić information content (AvgIpc) is 2.75. The first-order valence-electron chi connectivity index (χ1n) is 9.80. The Kier molecular flexibility index (Phi) is 7.21. The monoisotopic (exact) mass is 450 g/mol. The van der Waals surface area contributed by atoms with Gasteiger partial charge in [0, 0.05) is 37.7 Å².